The molecule has 0 radical (unpaired) electrons. The quantitative estimate of drug-likeness (QED) is 0.736. The Labute approximate surface area is 96.8 Å². The Hall–Kier alpha value is -0.610. The molecule has 1 aliphatic heterocycles. The number of nitrogens with zero attached hydrogens (tertiary/aromatic N) is 1. The maximum atomic E-state index is 12.0. The van der Waals surface area contributed by atoms with Crippen LogP contribution in [0.1, 0.15) is 39.0 Å². The second-order valence-electron chi connectivity index (χ2n) is 5.44. The minimum atomic E-state index is -0.606. The minimum absolute atomic E-state index is 0.112. The molecule has 1 saturated heterocycles. The zero-order valence-corrected chi connectivity index (χ0v) is 9.98. The largest absolute Gasteiger partial charge is 0.386 e. The first-order chi connectivity index (χ1) is 7.54. The van der Waals surface area contributed by atoms with E-state index in [2.05, 4.69) is 6.92 Å². The number of hydrogen-bond acceptors (Lipinski definition) is 3. The summed E-state index contributed by atoms with van der Waals surface area (Å²) >= 11 is 0. The second kappa shape index (κ2) is 4.34. The Kier molecular flexibility index (Phi) is 3.22. The van der Waals surface area contributed by atoms with E-state index in [-0.39, 0.29) is 17.9 Å². The molecule has 1 amide bonds. The number of likely N-dealkylation sites (tertiary alicyclic amines) is 1. The molecular weight excluding hydrogens is 204 g/mol. The van der Waals surface area contributed by atoms with E-state index in [1.807, 2.05) is 0 Å². The molecule has 2 fully saturated rings. The molecule has 1 aliphatic carbocycles. The van der Waals surface area contributed by atoms with Gasteiger partial charge in [0, 0.05) is 12.0 Å². The van der Waals surface area contributed by atoms with E-state index in [1.54, 1.807) is 4.90 Å². The van der Waals surface area contributed by atoms with Gasteiger partial charge in [0.05, 0.1) is 18.7 Å². The molecule has 3 N–H and O–H groups in total. The summed E-state index contributed by atoms with van der Waals surface area (Å²) in [6, 6.07) is 0.199. The highest BCUT2D eigenvalue weighted by molar-refractivity contribution is 5.80. The van der Waals surface area contributed by atoms with Gasteiger partial charge in [-0.1, -0.05) is 13.3 Å². The van der Waals surface area contributed by atoms with Crippen molar-refractivity contribution in [2.24, 2.45) is 11.7 Å². The third-order valence-corrected chi connectivity index (χ3v) is 3.82. The van der Waals surface area contributed by atoms with Gasteiger partial charge in [0.25, 0.3) is 0 Å². The fourth-order valence-corrected chi connectivity index (χ4v) is 2.94. The normalized spacial score (nSPS) is 32.6. The van der Waals surface area contributed by atoms with Crippen molar-refractivity contribution in [3.05, 3.63) is 0 Å². The van der Waals surface area contributed by atoms with Crippen molar-refractivity contribution in [2.45, 2.75) is 50.7 Å². The first kappa shape index (κ1) is 11.9. The number of rotatable bonds is 3. The van der Waals surface area contributed by atoms with Crippen molar-refractivity contribution >= 4 is 5.91 Å². The summed E-state index contributed by atoms with van der Waals surface area (Å²) in [7, 11) is 0. The molecule has 0 bridgehead atoms. The van der Waals surface area contributed by atoms with Gasteiger partial charge in [0.1, 0.15) is 0 Å². The van der Waals surface area contributed by atoms with Gasteiger partial charge in [-0.15, -0.1) is 0 Å². The molecule has 4 heteroatoms. The van der Waals surface area contributed by atoms with E-state index in [9.17, 15) is 9.90 Å². The minimum Gasteiger partial charge on any atom is -0.386 e. The number of amides is 1. The van der Waals surface area contributed by atoms with E-state index in [0.29, 0.717) is 13.1 Å². The van der Waals surface area contributed by atoms with Gasteiger partial charge in [-0.2, -0.15) is 0 Å². The predicted molar refractivity (Wildman–Crippen MR) is 61.8 cm³/mol. The van der Waals surface area contributed by atoms with Crippen LogP contribution in [0.4, 0.5) is 0 Å². The molecule has 92 valence electrons. The molecular formula is C12H22N2O2. The molecule has 1 heterocycles. The summed E-state index contributed by atoms with van der Waals surface area (Å²) in [6.45, 7) is 3.09. The highest BCUT2D eigenvalue weighted by Crippen LogP contribution is 2.31. The highest BCUT2D eigenvalue weighted by atomic mass is 16.3. The van der Waals surface area contributed by atoms with E-state index in [4.69, 9.17) is 5.73 Å². The lowest BCUT2D eigenvalue weighted by Crippen LogP contribution is -2.64. The Bertz CT molecular complexity index is 274. The number of carbonyl (C=O) groups excluding carboxylic acids is 1. The van der Waals surface area contributed by atoms with Gasteiger partial charge in [0.15, 0.2) is 0 Å². The van der Waals surface area contributed by atoms with Crippen molar-refractivity contribution in [2.75, 3.05) is 13.1 Å². The maximum Gasteiger partial charge on any atom is 0.225 e. The second-order valence-corrected chi connectivity index (χ2v) is 5.44. The van der Waals surface area contributed by atoms with Crippen LogP contribution >= 0.6 is 0 Å². The van der Waals surface area contributed by atoms with Crippen LogP contribution in [0.25, 0.3) is 0 Å². The van der Waals surface area contributed by atoms with Crippen LogP contribution in [0, 0.1) is 5.92 Å². The number of aliphatic hydroxyl groups is 1. The lowest BCUT2D eigenvalue weighted by atomic mass is 9.88. The topological polar surface area (TPSA) is 66.6 Å². The number of hydrogen-bond donors (Lipinski definition) is 2. The van der Waals surface area contributed by atoms with Gasteiger partial charge in [-0.3, -0.25) is 4.79 Å². The third-order valence-electron chi connectivity index (χ3n) is 3.82. The van der Waals surface area contributed by atoms with Gasteiger partial charge in [-0.25, -0.2) is 0 Å². The van der Waals surface area contributed by atoms with E-state index >= 15 is 0 Å². The van der Waals surface area contributed by atoms with Crippen LogP contribution in [-0.2, 0) is 4.79 Å². The average Bonchev–Trinajstić information content (AvgIpc) is 2.60. The molecule has 0 spiro atoms. The first-order valence-corrected chi connectivity index (χ1v) is 6.31. The van der Waals surface area contributed by atoms with Gasteiger partial charge < -0.3 is 15.7 Å². The zero-order chi connectivity index (χ0) is 11.8. The van der Waals surface area contributed by atoms with E-state index in [0.717, 1.165) is 32.1 Å². The Morgan fingerprint density at radius 2 is 2.19 bits per heavy atom. The fraction of sp³-hybridized carbons (Fsp3) is 0.917. The number of carbonyl (C=O) groups is 1. The van der Waals surface area contributed by atoms with Crippen molar-refractivity contribution in [1.29, 1.82) is 0 Å². The van der Waals surface area contributed by atoms with Crippen LogP contribution in [0.2, 0.25) is 0 Å². The summed E-state index contributed by atoms with van der Waals surface area (Å²) in [5, 5.41) is 10.0. The van der Waals surface area contributed by atoms with Crippen LogP contribution in [0.3, 0.4) is 0 Å². The molecule has 0 aromatic rings. The molecule has 1 saturated carbocycles. The van der Waals surface area contributed by atoms with Crippen LogP contribution < -0.4 is 5.73 Å². The van der Waals surface area contributed by atoms with Crippen molar-refractivity contribution < 1.29 is 9.90 Å². The Morgan fingerprint density at radius 3 is 2.69 bits per heavy atom. The van der Waals surface area contributed by atoms with Gasteiger partial charge >= 0.3 is 0 Å². The van der Waals surface area contributed by atoms with Crippen LogP contribution in [0.15, 0.2) is 0 Å². The standard InChI is InChI=1S/C12H22N2O2/c1-2-5-12(16)7-14(8-12)11(15)9-3-4-10(13)6-9/h9-10,16H,2-8,13H2,1H3. The molecule has 2 unspecified atom stereocenters. The smallest absolute Gasteiger partial charge is 0.225 e. The SMILES string of the molecule is CCCC1(O)CN(C(=O)C2CCC(N)C2)C1. The van der Waals surface area contributed by atoms with Crippen molar-refractivity contribution in [1.82, 2.24) is 4.90 Å². The number of nitrogens with two attached hydrogens (primary N) is 1. The molecule has 16 heavy (non-hydrogen) atoms. The third kappa shape index (κ3) is 2.23. The summed E-state index contributed by atoms with van der Waals surface area (Å²) in [5.74, 6) is 0.315. The summed E-state index contributed by atoms with van der Waals surface area (Å²) in [4.78, 5) is 13.8. The zero-order valence-electron chi connectivity index (χ0n) is 9.98. The van der Waals surface area contributed by atoms with Crippen molar-refractivity contribution in [3.8, 4) is 0 Å². The van der Waals surface area contributed by atoms with Gasteiger partial charge in [-0.05, 0) is 25.7 Å². The maximum absolute atomic E-state index is 12.0. The van der Waals surface area contributed by atoms with Crippen molar-refractivity contribution in [3.63, 3.8) is 0 Å². The number of β-amino-alcohol motifs (C(OH)–C–C–N with tert-alkyl or cyclic N) is 1. The summed E-state index contributed by atoms with van der Waals surface area (Å²) < 4.78 is 0. The molecule has 2 atom stereocenters. The Balaban J connectivity index is 1.81. The fourth-order valence-electron chi connectivity index (χ4n) is 2.94. The van der Waals surface area contributed by atoms with Crippen LogP contribution in [-0.4, -0.2) is 40.6 Å². The average molecular weight is 226 g/mol. The highest BCUT2D eigenvalue weighted by Gasteiger charge is 2.45. The van der Waals surface area contributed by atoms with E-state index in [1.165, 1.54) is 0 Å². The van der Waals surface area contributed by atoms with Gasteiger partial charge in [0.2, 0.25) is 5.91 Å². The lowest BCUT2D eigenvalue weighted by Gasteiger charge is -2.47. The lowest BCUT2D eigenvalue weighted by molar-refractivity contribution is -0.160. The summed E-state index contributed by atoms with van der Waals surface area (Å²) in [6.07, 6.45) is 4.46. The van der Waals surface area contributed by atoms with Crippen LogP contribution in [0.5, 0.6) is 0 Å². The molecule has 2 aliphatic rings. The monoisotopic (exact) mass is 226 g/mol. The Morgan fingerprint density at radius 1 is 1.50 bits per heavy atom. The molecule has 0 aromatic heterocycles. The molecule has 2 rings (SSSR count). The molecule has 4 nitrogen and oxygen atoms in total. The van der Waals surface area contributed by atoms with E-state index < -0.39 is 5.60 Å². The molecule has 0 aromatic carbocycles. The predicted octanol–water partition coefficient (Wildman–Crippen LogP) is 0.487. The first-order valence-electron chi connectivity index (χ1n) is 6.31. The summed E-state index contributed by atoms with van der Waals surface area (Å²) in [5.41, 5.74) is 5.20.